The van der Waals surface area contributed by atoms with Crippen LogP contribution in [0.4, 0.5) is 10.1 Å². The number of carbonyl (C=O) groups excluding carboxylic acids is 2. The zero-order chi connectivity index (χ0) is 19.9. The molecule has 0 aliphatic carbocycles. The van der Waals surface area contributed by atoms with E-state index in [1.165, 1.54) is 24.3 Å². The first-order chi connectivity index (χ1) is 13.5. The Balaban J connectivity index is 1.54. The van der Waals surface area contributed by atoms with E-state index in [9.17, 15) is 14.0 Å². The second-order valence-electron chi connectivity index (χ2n) is 5.93. The monoisotopic (exact) mass is 395 g/mol. The molecule has 0 saturated heterocycles. The molecule has 1 amide bonds. The van der Waals surface area contributed by atoms with Gasteiger partial charge in [0.2, 0.25) is 0 Å². The van der Waals surface area contributed by atoms with Gasteiger partial charge in [-0.2, -0.15) is 0 Å². The number of halogens is 1. The number of nitrogens with one attached hydrogen (secondary N) is 1. The smallest absolute Gasteiger partial charge is 0.262 e. The van der Waals surface area contributed by atoms with Crippen LogP contribution in [0.3, 0.4) is 0 Å². The van der Waals surface area contributed by atoms with Gasteiger partial charge < -0.3 is 10.1 Å². The summed E-state index contributed by atoms with van der Waals surface area (Å²) in [4.78, 5) is 25.5. The predicted molar refractivity (Wildman–Crippen MR) is 109 cm³/mol. The van der Waals surface area contributed by atoms with Gasteiger partial charge in [-0.25, -0.2) is 4.39 Å². The maximum Gasteiger partial charge on any atom is 0.262 e. The quantitative estimate of drug-likeness (QED) is 0.461. The van der Waals surface area contributed by atoms with E-state index in [0.717, 1.165) is 4.90 Å². The van der Waals surface area contributed by atoms with Crippen molar-refractivity contribution in [2.75, 3.05) is 18.2 Å². The molecule has 0 atom stereocenters. The first-order valence-corrected chi connectivity index (χ1v) is 9.74. The van der Waals surface area contributed by atoms with Crippen molar-refractivity contribution < 1.29 is 18.7 Å². The summed E-state index contributed by atoms with van der Waals surface area (Å²) in [5.74, 6) is -0.399. The van der Waals surface area contributed by atoms with E-state index in [-0.39, 0.29) is 18.3 Å². The molecule has 142 valence electrons. The second-order valence-corrected chi connectivity index (χ2v) is 6.81. The highest BCUT2D eigenvalue weighted by Gasteiger charge is 2.10. The average molecular weight is 395 g/mol. The van der Waals surface area contributed by atoms with Crippen LogP contribution in [0.15, 0.2) is 77.7 Å². The van der Waals surface area contributed by atoms with E-state index in [4.69, 9.17) is 4.74 Å². The number of thioether (sulfide) groups is 1. The maximum atomic E-state index is 13.0. The SMILES string of the molecule is CSc1ccc(NC(=O)COc2ccc(C(=O)c3ccc(F)cc3)cc2)cc1. The van der Waals surface area contributed by atoms with Gasteiger partial charge in [0.05, 0.1) is 0 Å². The lowest BCUT2D eigenvalue weighted by molar-refractivity contribution is -0.118. The molecule has 0 radical (unpaired) electrons. The predicted octanol–water partition coefficient (Wildman–Crippen LogP) is 4.80. The molecule has 4 nitrogen and oxygen atoms in total. The van der Waals surface area contributed by atoms with Gasteiger partial charge in [-0.3, -0.25) is 9.59 Å². The summed E-state index contributed by atoms with van der Waals surface area (Å²) in [6, 6.07) is 19.4. The van der Waals surface area contributed by atoms with Gasteiger partial charge in [-0.15, -0.1) is 11.8 Å². The van der Waals surface area contributed by atoms with Crippen LogP contribution in [-0.2, 0) is 4.79 Å². The molecule has 0 aliphatic rings. The van der Waals surface area contributed by atoms with Crippen LogP contribution in [0.1, 0.15) is 15.9 Å². The molecule has 0 aliphatic heterocycles. The van der Waals surface area contributed by atoms with Gasteiger partial charge in [0, 0.05) is 21.7 Å². The van der Waals surface area contributed by atoms with Crippen LogP contribution in [0.5, 0.6) is 5.75 Å². The molecule has 0 saturated carbocycles. The van der Waals surface area contributed by atoms with Crippen LogP contribution >= 0.6 is 11.8 Å². The fraction of sp³-hybridized carbons (Fsp3) is 0.0909. The minimum atomic E-state index is -0.390. The van der Waals surface area contributed by atoms with Crippen molar-refractivity contribution in [3.05, 3.63) is 89.7 Å². The third-order valence-electron chi connectivity index (χ3n) is 3.97. The van der Waals surface area contributed by atoms with Gasteiger partial charge in [0.1, 0.15) is 11.6 Å². The fourth-order valence-corrected chi connectivity index (χ4v) is 2.90. The van der Waals surface area contributed by atoms with Gasteiger partial charge in [0.25, 0.3) is 5.91 Å². The molecule has 0 heterocycles. The number of hydrogen-bond donors (Lipinski definition) is 1. The Morgan fingerprint density at radius 3 is 2.04 bits per heavy atom. The van der Waals surface area contributed by atoms with Gasteiger partial charge >= 0.3 is 0 Å². The Bertz CT molecular complexity index is 955. The zero-order valence-corrected chi connectivity index (χ0v) is 16.0. The van der Waals surface area contributed by atoms with Crippen LogP contribution in [0.25, 0.3) is 0 Å². The largest absolute Gasteiger partial charge is 0.484 e. The molecular weight excluding hydrogens is 377 g/mol. The highest BCUT2D eigenvalue weighted by Crippen LogP contribution is 2.18. The number of ether oxygens (including phenoxy) is 1. The first kappa shape index (κ1) is 19.6. The van der Waals surface area contributed by atoms with Crippen molar-refractivity contribution in [2.45, 2.75) is 4.90 Å². The summed E-state index contributed by atoms with van der Waals surface area (Å²) in [5, 5.41) is 2.76. The molecule has 3 aromatic carbocycles. The van der Waals surface area contributed by atoms with Gasteiger partial charge in [-0.1, -0.05) is 0 Å². The lowest BCUT2D eigenvalue weighted by Gasteiger charge is -2.08. The van der Waals surface area contributed by atoms with Crippen molar-refractivity contribution in [3.63, 3.8) is 0 Å². The highest BCUT2D eigenvalue weighted by molar-refractivity contribution is 7.98. The number of ketones is 1. The number of benzene rings is 3. The topological polar surface area (TPSA) is 55.4 Å². The Morgan fingerprint density at radius 2 is 1.46 bits per heavy atom. The molecule has 0 unspecified atom stereocenters. The van der Waals surface area contributed by atoms with E-state index >= 15 is 0 Å². The van der Waals surface area contributed by atoms with Crippen molar-refractivity contribution in [2.24, 2.45) is 0 Å². The van der Waals surface area contributed by atoms with Gasteiger partial charge in [0.15, 0.2) is 12.4 Å². The third-order valence-corrected chi connectivity index (χ3v) is 4.71. The van der Waals surface area contributed by atoms with Crippen molar-refractivity contribution in [1.29, 1.82) is 0 Å². The van der Waals surface area contributed by atoms with Gasteiger partial charge in [-0.05, 0) is 79.1 Å². The normalized spacial score (nSPS) is 10.4. The number of carbonyl (C=O) groups is 2. The van der Waals surface area contributed by atoms with E-state index < -0.39 is 5.82 Å². The molecule has 0 bridgehead atoms. The summed E-state index contributed by atoms with van der Waals surface area (Å²) in [6.07, 6.45) is 1.99. The molecule has 3 aromatic rings. The standard InChI is InChI=1S/C22H18FNO3S/c1-28-20-12-8-18(9-13-20)24-21(25)14-27-19-10-4-16(5-11-19)22(26)15-2-6-17(23)7-3-15/h2-13H,14H2,1H3,(H,24,25). The molecule has 3 rings (SSSR count). The Kier molecular flexibility index (Phi) is 6.45. The summed E-state index contributed by atoms with van der Waals surface area (Å²) >= 11 is 1.63. The van der Waals surface area contributed by atoms with E-state index in [1.807, 2.05) is 30.5 Å². The van der Waals surface area contributed by atoms with Crippen LogP contribution in [-0.4, -0.2) is 24.6 Å². The summed E-state index contributed by atoms with van der Waals surface area (Å²) < 4.78 is 18.4. The number of anilines is 1. The molecule has 0 fully saturated rings. The number of hydrogen-bond acceptors (Lipinski definition) is 4. The van der Waals surface area contributed by atoms with Crippen molar-refractivity contribution in [3.8, 4) is 5.75 Å². The number of rotatable bonds is 7. The molecule has 0 aromatic heterocycles. The van der Waals surface area contributed by atoms with Crippen LogP contribution in [0.2, 0.25) is 0 Å². The lowest BCUT2D eigenvalue weighted by Crippen LogP contribution is -2.20. The summed E-state index contributed by atoms with van der Waals surface area (Å²) in [5.41, 5.74) is 1.56. The highest BCUT2D eigenvalue weighted by atomic mass is 32.2. The molecule has 1 N–H and O–H groups in total. The minimum Gasteiger partial charge on any atom is -0.484 e. The lowest BCUT2D eigenvalue weighted by atomic mass is 10.0. The first-order valence-electron chi connectivity index (χ1n) is 8.52. The molecular formula is C22H18FNO3S. The van der Waals surface area contributed by atoms with Crippen LogP contribution < -0.4 is 10.1 Å². The second kappa shape index (κ2) is 9.19. The summed E-state index contributed by atoms with van der Waals surface area (Å²) in [7, 11) is 0. The number of amides is 1. The average Bonchev–Trinajstić information content (AvgIpc) is 2.73. The molecule has 0 spiro atoms. The Morgan fingerprint density at radius 1 is 0.893 bits per heavy atom. The third kappa shape index (κ3) is 5.20. The minimum absolute atomic E-state index is 0.143. The van der Waals surface area contributed by atoms with Crippen molar-refractivity contribution >= 4 is 29.1 Å². The maximum absolute atomic E-state index is 13.0. The fourth-order valence-electron chi connectivity index (χ4n) is 2.49. The van der Waals surface area contributed by atoms with E-state index in [1.54, 1.807) is 36.0 Å². The zero-order valence-electron chi connectivity index (χ0n) is 15.1. The summed E-state index contributed by atoms with van der Waals surface area (Å²) in [6.45, 7) is -0.143. The van der Waals surface area contributed by atoms with Crippen molar-refractivity contribution in [1.82, 2.24) is 0 Å². The van der Waals surface area contributed by atoms with E-state index in [2.05, 4.69) is 5.32 Å². The van der Waals surface area contributed by atoms with E-state index in [0.29, 0.717) is 22.6 Å². The Hall–Kier alpha value is -3.12. The van der Waals surface area contributed by atoms with Crippen LogP contribution in [0, 0.1) is 5.82 Å². The molecule has 28 heavy (non-hydrogen) atoms. The Labute approximate surface area is 166 Å². The molecule has 6 heteroatoms.